The summed E-state index contributed by atoms with van der Waals surface area (Å²) in [4.78, 5) is 18.0. The number of carbonyl (C=O) groups excluding carboxylic acids is 1. The second-order valence-electron chi connectivity index (χ2n) is 8.16. The van der Waals surface area contributed by atoms with E-state index in [1.54, 1.807) is 26.4 Å². The number of nitrogens with one attached hydrogen (secondary N) is 2. The van der Waals surface area contributed by atoms with Crippen molar-refractivity contribution in [3.63, 3.8) is 0 Å². The number of amides is 1. The van der Waals surface area contributed by atoms with Crippen LogP contribution in [0.3, 0.4) is 0 Å². The molecule has 2 N–H and O–H groups in total. The Morgan fingerprint density at radius 2 is 1.71 bits per heavy atom. The molecule has 0 bridgehead atoms. The number of rotatable bonds is 9. The first kappa shape index (κ1) is 23.1. The van der Waals surface area contributed by atoms with Gasteiger partial charge in [0.25, 0.3) is 5.91 Å². The maximum absolute atomic E-state index is 13.3. The Bertz CT molecular complexity index is 1270. The Hall–Kier alpha value is -4.06. The highest BCUT2D eigenvalue weighted by molar-refractivity contribution is 6.07. The molecular formula is C28H29N3O3. The van der Waals surface area contributed by atoms with Crippen LogP contribution in [-0.2, 0) is 6.42 Å². The topological polar surface area (TPSA) is 72.5 Å². The number of methoxy groups -OCH3 is 2. The van der Waals surface area contributed by atoms with Gasteiger partial charge in [-0.25, -0.2) is 4.98 Å². The smallest absolute Gasteiger partial charge is 0.252 e. The fraction of sp³-hybridized carbons (Fsp3) is 0.214. The van der Waals surface area contributed by atoms with E-state index in [2.05, 4.69) is 22.8 Å². The van der Waals surface area contributed by atoms with Crippen molar-refractivity contribution in [3.05, 3.63) is 90.0 Å². The van der Waals surface area contributed by atoms with E-state index in [0.717, 1.165) is 29.4 Å². The number of ether oxygens (including phenoxy) is 2. The monoisotopic (exact) mass is 455 g/mol. The van der Waals surface area contributed by atoms with Crippen LogP contribution in [0.15, 0.2) is 78.9 Å². The molecule has 1 aromatic heterocycles. The van der Waals surface area contributed by atoms with Gasteiger partial charge in [0.1, 0.15) is 17.3 Å². The molecule has 0 radical (unpaired) electrons. The van der Waals surface area contributed by atoms with Gasteiger partial charge in [-0.2, -0.15) is 0 Å². The van der Waals surface area contributed by atoms with E-state index in [0.29, 0.717) is 22.9 Å². The summed E-state index contributed by atoms with van der Waals surface area (Å²) in [6, 6.07) is 25.3. The van der Waals surface area contributed by atoms with E-state index >= 15 is 0 Å². The second kappa shape index (κ2) is 10.7. The average molecular weight is 456 g/mol. The largest absolute Gasteiger partial charge is 0.497 e. The van der Waals surface area contributed by atoms with Gasteiger partial charge in [-0.05, 0) is 49.6 Å². The van der Waals surface area contributed by atoms with Crippen molar-refractivity contribution in [2.75, 3.05) is 19.5 Å². The van der Waals surface area contributed by atoms with E-state index in [9.17, 15) is 4.79 Å². The predicted octanol–water partition coefficient (Wildman–Crippen LogP) is 5.75. The average Bonchev–Trinajstić information content (AvgIpc) is 2.87. The number of nitrogens with zero attached hydrogens (tertiary/aromatic N) is 1. The van der Waals surface area contributed by atoms with Gasteiger partial charge < -0.3 is 20.1 Å². The summed E-state index contributed by atoms with van der Waals surface area (Å²) in [6.07, 6.45) is 1.76. The first-order valence-corrected chi connectivity index (χ1v) is 11.3. The van der Waals surface area contributed by atoms with E-state index in [1.807, 2.05) is 61.5 Å². The molecule has 0 fully saturated rings. The highest BCUT2D eigenvalue weighted by Crippen LogP contribution is 2.32. The Morgan fingerprint density at radius 3 is 2.47 bits per heavy atom. The number of fused-ring (bicyclic) bond motifs is 1. The molecule has 1 amide bonds. The van der Waals surface area contributed by atoms with Crippen LogP contribution in [0.1, 0.15) is 29.3 Å². The minimum Gasteiger partial charge on any atom is -0.497 e. The third kappa shape index (κ3) is 5.46. The number of aromatic nitrogens is 1. The standard InChI is InChI=1S/C28H29N3O3/c1-19(13-14-20-9-5-4-6-10-20)29-28(32)23-18-27(30-24-12-8-7-11-22(23)24)31-25-16-15-21(33-2)17-26(25)34-3/h4-12,15-19H,13-14H2,1-3H3,(H,29,32)(H,30,31)/t19-/m1/s1. The van der Waals surface area contributed by atoms with Crippen molar-refractivity contribution in [1.29, 1.82) is 0 Å². The molecule has 34 heavy (non-hydrogen) atoms. The number of carbonyl (C=O) groups is 1. The lowest BCUT2D eigenvalue weighted by atomic mass is 10.0. The summed E-state index contributed by atoms with van der Waals surface area (Å²) in [5, 5.41) is 7.25. The Kier molecular flexibility index (Phi) is 7.28. The Morgan fingerprint density at radius 1 is 0.941 bits per heavy atom. The maximum atomic E-state index is 13.3. The number of pyridine rings is 1. The molecule has 0 saturated carbocycles. The predicted molar refractivity (Wildman–Crippen MR) is 136 cm³/mol. The molecule has 174 valence electrons. The van der Waals surface area contributed by atoms with Gasteiger partial charge in [-0.3, -0.25) is 4.79 Å². The highest BCUT2D eigenvalue weighted by Gasteiger charge is 2.16. The molecule has 0 spiro atoms. The lowest BCUT2D eigenvalue weighted by Crippen LogP contribution is -2.33. The molecule has 6 nitrogen and oxygen atoms in total. The maximum Gasteiger partial charge on any atom is 0.252 e. The van der Waals surface area contributed by atoms with Crippen molar-refractivity contribution in [2.24, 2.45) is 0 Å². The van der Waals surface area contributed by atoms with Gasteiger partial charge in [0.05, 0.1) is 31.0 Å². The van der Waals surface area contributed by atoms with Gasteiger partial charge in [0.15, 0.2) is 0 Å². The lowest BCUT2D eigenvalue weighted by molar-refractivity contribution is 0.0940. The SMILES string of the molecule is COc1ccc(Nc2cc(C(=O)N[C@H](C)CCc3ccccc3)c3ccccc3n2)c(OC)c1. The van der Waals surface area contributed by atoms with Gasteiger partial charge in [-0.1, -0.05) is 48.5 Å². The highest BCUT2D eigenvalue weighted by atomic mass is 16.5. The lowest BCUT2D eigenvalue weighted by Gasteiger charge is -2.17. The molecule has 3 aromatic carbocycles. The van der Waals surface area contributed by atoms with Gasteiger partial charge in [0.2, 0.25) is 0 Å². The van der Waals surface area contributed by atoms with E-state index in [4.69, 9.17) is 14.5 Å². The Labute approximate surface area is 199 Å². The molecular weight excluding hydrogens is 426 g/mol. The third-order valence-electron chi connectivity index (χ3n) is 5.72. The van der Waals surface area contributed by atoms with E-state index < -0.39 is 0 Å². The molecule has 1 heterocycles. The molecule has 0 unspecified atom stereocenters. The van der Waals surface area contributed by atoms with Crippen molar-refractivity contribution in [2.45, 2.75) is 25.8 Å². The van der Waals surface area contributed by atoms with Crippen LogP contribution in [-0.4, -0.2) is 31.2 Å². The zero-order valence-corrected chi connectivity index (χ0v) is 19.7. The van der Waals surface area contributed by atoms with Crippen molar-refractivity contribution in [3.8, 4) is 11.5 Å². The van der Waals surface area contributed by atoms with E-state index in [-0.39, 0.29) is 11.9 Å². The zero-order valence-electron chi connectivity index (χ0n) is 19.7. The first-order chi connectivity index (χ1) is 16.6. The molecule has 0 aliphatic heterocycles. The zero-order chi connectivity index (χ0) is 23.9. The third-order valence-corrected chi connectivity index (χ3v) is 5.72. The quantitative estimate of drug-likeness (QED) is 0.336. The molecule has 0 aliphatic carbocycles. The van der Waals surface area contributed by atoms with Crippen molar-refractivity contribution >= 4 is 28.3 Å². The van der Waals surface area contributed by atoms with Crippen molar-refractivity contribution in [1.82, 2.24) is 10.3 Å². The summed E-state index contributed by atoms with van der Waals surface area (Å²) in [5.41, 5.74) is 3.31. The van der Waals surface area contributed by atoms with Crippen molar-refractivity contribution < 1.29 is 14.3 Å². The number of hydrogen-bond donors (Lipinski definition) is 2. The summed E-state index contributed by atoms with van der Waals surface area (Å²) >= 11 is 0. The van der Waals surface area contributed by atoms with Crippen LogP contribution in [0.5, 0.6) is 11.5 Å². The number of benzene rings is 3. The van der Waals surface area contributed by atoms with Crippen LogP contribution in [0.25, 0.3) is 10.9 Å². The molecule has 0 aliphatic rings. The Balaban J connectivity index is 1.57. The number of hydrogen-bond acceptors (Lipinski definition) is 5. The normalized spacial score (nSPS) is 11.6. The van der Waals surface area contributed by atoms with Crippen LogP contribution in [0, 0.1) is 0 Å². The summed E-state index contributed by atoms with van der Waals surface area (Å²) < 4.78 is 10.8. The van der Waals surface area contributed by atoms with Gasteiger partial charge >= 0.3 is 0 Å². The second-order valence-corrected chi connectivity index (χ2v) is 8.16. The fourth-order valence-corrected chi connectivity index (χ4v) is 3.87. The number of aryl methyl sites for hydroxylation is 1. The van der Waals surface area contributed by atoms with Crippen LogP contribution in [0.2, 0.25) is 0 Å². The fourth-order valence-electron chi connectivity index (χ4n) is 3.87. The molecule has 4 aromatic rings. The molecule has 0 saturated heterocycles. The van der Waals surface area contributed by atoms with Crippen LogP contribution < -0.4 is 20.1 Å². The molecule has 4 rings (SSSR count). The molecule has 6 heteroatoms. The molecule has 1 atom stereocenters. The summed E-state index contributed by atoms with van der Waals surface area (Å²) in [7, 11) is 3.21. The minimum absolute atomic E-state index is 0.0257. The summed E-state index contributed by atoms with van der Waals surface area (Å²) in [6.45, 7) is 2.03. The van der Waals surface area contributed by atoms with Crippen LogP contribution in [0.4, 0.5) is 11.5 Å². The minimum atomic E-state index is -0.121. The summed E-state index contributed by atoms with van der Waals surface area (Å²) in [5.74, 6) is 1.75. The number of para-hydroxylation sites is 1. The van der Waals surface area contributed by atoms with E-state index in [1.165, 1.54) is 5.56 Å². The van der Waals surface area contributed by atoms with Crippen LogP contribution >= 0.6 is 0 Å². The van der Waals surface area contributed by atoms with Gasteiger partial charge in [-0.15, -0.1) is 0 Å². The number of anilines is 2. The van der Waals surface area contributed by atoms with Gasteiger partial charge in [0, 0.05) is 17.5 Å². The first-order valence-electron chi connectivity index (χ1n) is 11.3.